The molecule has 0 aliphatic rings. The summed E-state index contributed by atoms with van der Waals surface area (Å²) in [5.74, 6) is -0.148. The summed E-state index contributed by atoms with van der Waals surface area (Å²) in [6.07, 6.45) is 0. The smallest absolute Gasteiger partial charge is 0.272 e. The van der Waals surface area contributed by atoms with Crippen molar-refractivity contribution < 1.29 is 17.9 Å². The molecule has 3 aromatic rings. The Balaban J connectivity index is 1.52. The molecule has 3 aromatic carbocycles. The third kappa shape index (κ3) is 5.32. The second-order valence-electron chi connectivity index (χ2n) is 5.79. The molecule has 0 bridgehead atoms. The minimum absolute atomic E-state index is 0.0577. The van der Waals surface area contributed by atoms with Crippen LogP contribution in [0, 0.1) is 0 Å². The summed E-state index contributed by atoms with van der Waals surface area (Å²) in [6, 6.07) is 22.8. The molecule has 28 heavy (non-hydrogen) atoms. The Morgan fingerprint density at radius 2 is 1.57 bits per heavy atom. The molecule has 3 rings (SSSR count). The lowest BCUT2D eigenvalue weighted by Gasteiger charge is -2.10. The lowest BCUT2D eigenvalue weighted by Crippen LogP contribution is -2.43. The van der Waals surface area contributed by atoms with Gasteiger partial charge in [-0.15, -0.1) is 4.83 Å². The van der Waals surface area contributed by atoms with E-state index in [0.29, 0.717) is 5.75 Å². The van der Waals surface area contributed by atoms with Crippen molar-refractivity contribution in [1.29, 1.82) is 0 Å². The summed E-state index contributed by atoms with van der Waals surface area (Å²) in [4.78, 5) is 13.8. The van der Waals surface area contributed by atoms with Gasteiger partial charge in [0, 0.05) is 5.02 Å². The highest BCUT2D eigenvalue weighted by atomic mass is 35.5. The number of ether oxygens (including phenoxy) is 1. The summed E-state index contributed by atoms with van der Waals surface area (Å²) in [5.41, 5.74) is 4.19. The normalized spacial score (nSPS) is 11.0. The van der Waals surface area contributed by atoms with Crippen molar-refractivity contribution in [2.75, 3.05) is 6.61 Å². The van der Waals surface area contributed by atoms with Gasteiger partial charge in [0.25, 0.3) is 15.9 Å². The molecule has 0 unspecified atom stereocenters. The minimum Gasteiger partial charge on any atom is -0.484 e. The van der Waals surface area contributed by atoms with E-state index in [1.807, 2.05) is 47.3 Å². The van der Waals surface area contributed by atoms with Crippen LogP contribution >= 0.6 is 11.6 Å². The van der Waals surface area contributed by atoms with Crippen LogP contribution in [0.3, 0.4) is 0 Å². The number of sulfonamides is 1. The van der Waals surface area contributed by atoms with E-state index >= 15 is 0 Å². The molecule has 8 heteroatoms. The molecular weight excluding hydrogens is 400 g/mol. The molecule has 0 atom stereocenters. The first-order chi connectivity index (χ1) is 13.4. The Morgan fingerprint density at radius 3 is 2.25 bits per heavy atom. The van der Waals surface area contributed by atoms with Gasteiger partial charge in [-0.25, -0.2) is 8.42 Å². The molecule has 2 N–H and O–H groups in total. The lowest BCUT2D eigenvalue weighted by atomic mass is 10.1. The molecule has 0 aromatic heterocycles. The zero-order valence-corrected chi connectivity index (χ0v) is 16.2. The largest absolute Gasteiger partial charge is 0.484 e. The standard InChI is InChI=1S/C20H17ClN2O4S/c21-17-7-4-8-19(13-17)28(25,26)23-22-20(24)14-27-18-11-9-16(10-12-18)15-5-2-1-3-6-15/h1-13,23H,14H2,(H,22,24). The van der Waals surface area contributed by atoms with Gasteiger partial charge < -0.3 is 4.74 Å². The van der Waals surface area contributed by atoms with Crippen molar-refractivity contribution in [3.8, 4) is 16.9 Å². The fraction of sp³-hybridized carbons (Fsp3) is 0.0500. The number of hydrogen-bond acceptors (Lipinski definition) is 4. The number of hydrogen-bond donors (Lipinski definition) is 2. The number of amides is 1. The summed E-state index contributed by atoms with van der Waals surface area (Å²) < 4.78 is 29.6. The molecule has 0 aliphatic heterocycles. The summed E-state index contributed by atoms with van der Waals surface area (Å²) in [5, 5.41) is 0.275. The van der Waals surface area contributed by atoms with Crippen molar-refractivity contribution in [2.24, 2.45) is 0 Å². The number of carbonyl (C=O) groups excluding carboxylic acids is 1. The molecule has 144 valence electrons. The van der Waals surface area contributed by atoms with Crippen molar-refractivity contribution in [2.45, 2.75) is 4.90 Å². The third-order valence-corrected chi connectivity index (χ3v) is 5.24. The van der Waals surface area contributed by atoms with Gasteiger partial charge >= 0.3 is 0 Å². The zero-order valence-electron chi connectivity index (χ0n) is 14.6. The lowest BCUT2D eigenvalue weighted by molar-refractivity contribution is -0.123. The fourth-order valence-electron chi connectivity index (χ4n) is 2.38. The second kappa shape index (κ2) is 8.88. The first-order valence-corrected chi connectivity index (χ1v) is 10.1. The van der Waals surface area contributed by atoms with E-state index in [0.717, 1.165) is 11.1 Å². The van der Waals surface area contributed by atoms with E-state index in [-0.39, 0.29) is 16.5 Å². The Bertz CT molecular complexity index is 1060. The van der Waals surface area contributed by atoms with E-state index in [2.05, 4.69) is 5.43 Å². The van der Waals surface area contributed by atoms with Gasteiger partial charge in [0.15, 0.2) is 6.61 Å². The van der Waals surface area contributed by atoms with Gasteiger partial charge in [-0.3, -0.25) is 10.2 Å². The Morgan fingerprint density at radius 1 is 0.893 bits per heavy atom. The fourth-order valence-corrected chi connectivity index (χ4v) is 3.54. The minimum atomic E-state index is -3.92. The van der Waals surface area contributed by atoms with E-state index in [1.54, 1.807) is 18.2 Å². The molecule has 0 radical (unpaired) electrons. The summed E-state index contributed by atoms with van der Waals surface area (Å²) in [6.45, 7) is -0.344. The molecule has 1 amide bonds. The van der Waals surface area contributed by atoms with Gasteiger partial charge in [0.1, 0.15) is 5.75 Å². The SMILES string of the molecule is O=C(COc1ccc(-c2ccccc2)cc1)NNS(=O)(=O)c1cccc(Cl)c1. The van der Waals surface area contributed by atoms with Crippen LogP contribution in [-0.2, 0) is 14.8 Å². The van der Waals surface area contributed by atoms with Gasteiger partial charge in [0.05, 0.1) is 4.90 Å². The van der Waals surface area contributed by atoms with Crippen molar-refractivity contribution in [3.63, 3.8) is 0 Å². The number of rotatable bonds is 7. The van der Waals surface area contributed by atoms with Crippen LogP contribution in [0.1, 0.15) is 0 Å². The number of hydrazine groups is 1. The van der Waals surface area contributed by atoms with E-state index in [1.165, 1.54) is 18.2 Å². The highest BCUT2D eigenvalue weighted by molar-refractivity contribution is 7.89. The molecule has 0 saturated heterocycles. The van der Waals surface area contributed by atoms with Gasteiger partial charge in [-0.1, -0.05) is 60.1 Å². The quantitative estimate of drug-likeness (QED) is 0.578. The molecule has 0 spiro atoms. The maximum Gasteiger partial charge on any atom is 0.272 e. The van der Waals surface area contributed by atoms with Crippen LogP contribution in [0.4, 0.5) is 0 Å². The van der Waals surface area contributed by atoms with Gasteiger partial charge in [-0.05, 0) is 41.5 Å². The maximum absolute atomic E-state index is 12.1. The number of halogens is 1. The van der Waals surface area contributed by atoms with E-state index < -0.39 is 15.9 Å². The first-order valence-electron chi connectivity index (χ1n) is 8.28. The summed E-state index contributed by atoms with van der Waals surface area (Å²) >= 11 is 5.78. The highest BCUT2D eigenvalue weighted by Crippen LogP contribution is 2.22. The molecule has 0 saturated carbocycles. The van der Waals surface area contributed by atoms with Crippen LogP contribution in [0.2, 0.25) is 5.02 Å². The van der Waals surface area contributed by atoms with E-state index in [4.69, 9.17) is 16.3 Å². The van der Waals surface area contributed by atoms with Crippen molar-refractivity contribution >= 4 is 27.5 Å². The Kier molecular flexibility index (Phi) is 6.30. The number of benzene rings is 3. The molecular formula is C20H17ClN2O4S. The van der Waals surface area contributed by atoms with Crippen LogP contribution < -0.4 is 15.0 Å². The second-order valence-corrected chi connectivity index (χ2v) is 7.91. The molecule has 0 fully saturated rings. The third-order valence-electron chi connectivity index (χ3n) is 3.76. The Labute approximate surface area is 168 Å². The monoisotopic (exact) mass is 416 g/mol. The predicted molar refractivity (Wildman–Crippen MR) is 107 cm³/mol. The average molecular weight is 417 g/mol. The van der Waals surface area contributed by atoms with Crippen LogP contribution in [0.15, 0.2) is 83.8 Å². The topological polar surface area (TPSA) is 84.5 Å². The number of nitrogens with one attached hydrogen (secondary N) is 2. The molecule has 0 heterocycles. The zero-order chi connectivity index (χ0) is 20.0. The molecule has 0 aliphatic carbocycles. The van der Waals surface area contributed by atoms with Crippen LogP contribution in [0.5, 0.6) is 5.75 Å². The molecule has 6 nitrogen and oxygen atoms in total. The first kappa shape index (κ1) is 19.9. The van der Waals surface area contributed by atoms with E-state index in [9.17, 15) is 13.2 Å². The van der Waals surface area contributed by atoms with Crippen molar-refractivity contribution in [1.82, 2.24) is 10.3 Å². The number of carbonyl (C=O) groups is 1. The predicted octanol–water partition coefficient (Wildman–Crippen LogP) is 3.40. The average Bonchev–Trinajstić information content (AvgIpc) is 2.72. The van der Waals surface area contributed by atoms with Crippen molar-refractivity contribution in [3.05, 3.63) is 83.9 Å². The summed E-state index contributed by atoms with van der Waals surface area (Å²) in [7, 11) is -3.92. The van der Waals surface area contributed by atoms with Crippen LogP contribution in [0.25, 0.3) is 11.1 Å². The Hall–Kier alpha value is -2.87. The highest BCUT2D eigenvalue weighted by Gasteiger charge is 2.15. The van der Waals surface area contributed by atoms with Gasteiger partial charge in [0.2, 0.25) is 0 Å². The van der Waals surface area contributed by atoms with Crippen LogP contribution in [-0.4, -0.2) is 20.9 Å². The van der Waals surface area contributed by atoms with Gasteiger partial charge in [-0.2, -0.15) is 0 Å². The maximum atomic E-state index is 12.1.